The van der Waals surface area contributed by atoms with E-state index >= 15 is 0 Å². The molecule has 1 heterocycles. The highest BCUT2D eigenvalue weighted by molar-refractivity contribution is 7.89. The van der Waals surface area contributed by atoms with E-state index in [9.17, 15) is 23.0 Å². The quantitative estimate of drug-likeness (QED) is 0.323. The van der Waals surface area contributed by atoms with E-state index in [0.29, 0.717) is 35.2 Å². The zero-order chi connectivity index (χ0) is 24.3. The van der Waals surface area contributed by atoms with Crippen LogP contribution in [-0.2, 0) is 37.4 Å². The summed E-state index contributed by atoms with van der Waals surface area (Å²) in [5.41, 5.74) is 3.37. The van der Waals surface area contributed by atoms with Gasteiger partial charge in [0.1, 0.15) is 6.61 Å². The second-order valence-electron chi connectivity index (χ2n) is 8.58. The summed E-state index contributed by atoms with van der Waals surface area (Å²) in [6.45, 7) is 5.89. The Balaban J connectivity index is 1.61. The third-order valence-electron chi connectivity index (χ3n) is 5.97. The van der Waals surface area contributed by atoms with Crippen molar-refractivity contribution >= 4 is 34.4 Å². The Morgan fingerprint density at radius 3 is 2.45 bits per heavy atom. The lowest BCUT2D eigenvalue weighted by Gasteiger charge is -2.19. The van der Waals surface area contributed by atoms with E-state index in [2.05, 4.69) is 0 Å². The first-order valence-electron chi connectivity index (χ1n) is 10.7. The fourth-order valence-corrected chi connectivity index (χ4v) is 4.51. The third-order valence-corrected chi connectivity index (χ3v) is 6.90. The Kier molecular flexibility index (Phi) is 7.74. The third kappa shape index (κ3) is 5.89. The average molecular weight is 473 g/mol. The van der Waals surface area contributed by atoms with Crippen LogP contribution in [0.15, 0.2) is 41.3 Å². The molecule has 2 aromatic rings. The number of hydrogen-bond acceptors (Lipinski definition) is 7. The number of carbonyl (C=O) groups excluding carboxylic acids is 2. The second kappa shape index (κ2) is 10.2. The van der Waals surface area contributed by atoms with Gasteiger partial charge in [0.05, 0.1) is 17.4 Å². The lowest BCUT2D eigenvalue weighted by atomic mass is 9.74. The predicted molar refractivity (Wildman–Crippen MR) is 123 cm³/mol. The Morgan fingerprint density at radius 1 is 1.18 bits per heavy atom. The number of nitrogens with two attached hydrogens (primary N) is 1. The van der Waals surface area contributed by atoms with E-state index < -0.39 is 29.0 Å². The molecule has 1 aliphatic rings. The van der Waals surface area contributed by atoms with Gasteiger partial charge in [0, 0.05) is 12.0 Å². The van der Waals surface area contributed by atoms with Crippen LogP contribution in [0.25, 0.3) is 0 Å². The molecular formula is C23H28BNO7S. The van der Waals surface area contributed by atoms with Crippen LogP contribution in [0.3, 0.4) is 0 Å². The van der Waals surface area contributed by atoms with Gasteiger partial charge >= 0.3 is 13.1 Å². The molecule has 0 aliphatic carbocycles. The van der Waals surface area contributed by atoms with E-state index in [1.807, 2.05) is 13.8 Å². The molecule has 3 rings (SSSR count). The van der Waals surface area contributed by atoms with E-state index in [4.69, 9.17) is 14.5 Å². The summed E-state index contributed by atoms with van der Waals surface area (Å²) < 4.78 is 33.4. The molecule has 3 N–H and O–H groups in total. The van der Waals surface area contributed by atoms with Crippen molar-refractivity contribution in [1.29, 1.82) is 0 Å². The van der Waals surface area contributed by atoms with Gasteiger partial charge in [-0.25, -0.2) is 13.6 Å². The van der Waals surface area contributed by atoms with Gasteiger partial charge in [0.25, 0.3) is 0 Å². The SMILES string of the molecule is Cc1c(C(=O)CC[C@H](C(=O)OCc2ccc(S(N)(=O)=O)cc2)C(C)C)ccc2c1B(O)OC2. The maximum absolute atomic E-state index is 12.9. The number of Topliss-reactive ketones (excluding diaryl/α,β-unsaturated/α-hetero) is 1. The first-order chi connectivity index (χ1) is 15.5. The van der Waals surface area contributed by atoms with Crippen molar-refractivity contribution in [1.82, 2.24) is 0 Å². The van der Waals surface area contributed by atoms with Gasteiger partial charge in [0.2, 0.25) is 10.0 Å². The molecule has 0 amide bonds. The first kappa shape index (κ1) is 25.1. The fourth-order valence-electron chi connectivity index (χ4n) is 3.99. The number of rotatable bonds is 9. The van der Waals surface area contributed by atoms with Gasteiger partial charge in [-0.15, -0.1) is 0 Å². The molecule has 176 valence electrons. The molecule has 0 unspecified atom stereocenters. The lowest BCUT2D eigenvalue weighted by Crippen LogP contribution is -2.32. The lowest BCUT2D eigenvalue weighted by molar-refractivity contribution is -0.151. The van der Waals surface area contributed by atoms with Crippen molar-refractivity contribution in [3.05, 3.63) is 58.7 Å². The van der Waals surface area contributed by atoms with Gasteiger partial charge < -0.3 is 14.4 Å². The van der Waals surface area contributed by atoms with Crippen LogP contribution in [0.4, 0.5) is 0 Å². The monoisotopic (exact) mass is 473 g/mol. The van der Waals surface area contributed by atoms with Crippen LogP contribution in [0.1, 0.15) is 53.7 Å². The molecule has 2 aromatic carbocycles. The number of carbonyl (C=O) groups is 2. The average Bonchev–Trinajstić information content (AvgIpc) is 3.13. The summed E-state index contributed by atoms with van der Waals surface area (Å²) in [7, 11) is -4.81. The normalized spacial score (nSPS) is 14.3. The molecule has 0 fully saturated rings. The smallest absolute Gasteiger partial charge is 0.461 e. The fraction of sp³-hybridized carbons (Fsp3) is 0.391. The molecule has 8 nitrogen and oxygen atoms in total. The maximum Gasteiger partial charge on any atom is 0.492 e. The highest BCUT2D eigenvalue weighted by Gasteiger charge is 2.31. The standard InChI is InChI=1S/C23H28BNO7S/c1-14(2)19(23(27)31-12-16-4-7-18(8-5-16)33(25,29)30)10-11-21(26)20-9-6-17-13-32-24(28)22(17)15(20)3/h4-9,14,19,28H,10-13H2,1-3H3,(H2,25,29,30)/t19-/m0/s1. The van der Waals surface area contributed by atoms with Crippen molar-refractivity contribution in [3.63, 3.8) is 0 Å². The highest BCUT2D eigenvalue weighted by atomic mass is 32.2. The van der Waals surface area contributed by atoms with Gasteiger partial charge in [-0.05, 0) is 53.5 Å². The number of sulfonamides is 1. The molecule has 0 saturated carbocycles. The van der Waals surface area contributed by atoms with Crippen molar-refractivity contribution in [2.45, 2.75) is 51.7 Å². The summed E-state index contributed by atoms with van der Waals surface area (Å²) >= 11 is 0. The van der Waals surface area contributed by atoms with Crippen molar-refractivity contribution in [3.8, 4) is 0 Å². The molecule has 0 aromatic heterocycles. The van der Waals surface area contributed by atoms with E-state index in [-0.39, 0.29) is 29.6 Å². The maximum atomic E-state index is 12.9. The highest BCUT2D eigenvalue weighted by Crippen LogP contribution is 2.23. The summed E-state index contributed by atoms with van der Waals surface area (Å²) in [4.78, 5) is 25.6. The van der Waals surface area contributed by atoms with Crippen LogP contribution >= 0.6 is 0 Å². The molecule has 0 bridgehead atoms. The summed E-state index contributed by atoms with van der Waals surface area (Å²) in [5, 5.41) is 15.1. The van der Waals surface area contributed by atoms with Crippen LogP contribution in [0, 0.1) is 18.8 Å². The molecule has 1 atom stereocenters. The van der Waals surface area contributed by atoms with Crippen LogP contribution < -0.4 is 10.6 Å². The van der Waals surface area contributed by atoms with E-state index in [0.717, 1.165) is 5.56 Å². The van der Waals surface area contributed by atoms with Gasteiger partial charge in [-0.1, -0.05) is 38.1 Å². The number of ether oxygens (including phenoxy) is 1. The molecule has 33 heavy (non-hydrogen) atoms. The van der Waals surface area contributed by atoms with Gasteiger partial charge in [-0.3, -0.25) is 9.59 Å². The summed E-state index contributed by atoms with van der Waals surface area (Å²) in [5.74, 6) is -1.03. The minimum Gasteiger partial charge on any atom is -0.461 e. The summed E-state index contributed by atoms with van der Waals surface area (Å²) in [6.07, 6.45) is 0.493. The number of benzene rings is 2. The number of primary sulfonamides is 1. The molecule has 0 spiro atoms. The number of hydrogen-bond donors (Lipinski definition) is 2. The van der Waals surface area contributed by atoms with E-state index in [1.165, 1.54) is 24.3 Å². The largest absolute Gasteiger partial charge is 0.492 e. The second-order valence-corrected chi connectivity index (χ2v) is 10.1. The minimum absolute atomic E-state index is 0.0112. The summed E-state index contributed by atoms with van der Waals surface area (Å²) in [6, 6.07) is 9.33. The Bertz CT molecular complexity index is 1150. The minimum atomic E-state index is -3.78. The van der Waals surface area contributed by atoms with Crippen LogP contribution in [0.5, 0.6) is 0 Å². The molecule has 10 heteroatoms. The Labute approximate surface area is 194 Å². The topological polar surface area (TPSA) is 133 Å². The van der Waals surface area contributed by atoms with Gasteiger partial charge in [0.15, 0.2) is 5.78 Å². The Hall–Kier alpha value is -2.53. The van der Waals surface area contributed by atoms with E-state index in [1.54, 1.807) is 19.1 Å². The number of esters is 1. The zero-order valence-corrected chi connectivity index (χ0v) is 19.7. The Morgan fingerprint density at radius 2 is 1.85 bits per heavy atom. The molecular weight excluding hydrogens is 445 g/mol. The first-order valence-corrected chi connectivity index (χ1v) is 12.3. The molecule has 0 radical (unpaired) electrons. The van der Waals surface area contributed by atoms with Gasteiger partial charge in [-0.2, -0.15) is 0 Å². The molecule has 0 saturated heterocycles. The van der Waals surface area contributed by atoms with Crippen molar-refractivity contribution in [2.24, 2.45) is 17.0 Å². The van der Waals surface area contributed by atoms with Crippen molar-refractivity contribution < 1.29 is 32.4 Å². The number of ketones is 1. The zero-order valence-electron chi connectivity index (χ0n) is 18.9. The molecule has 1 aliphatic heterocycles. The van der Waals surface area contributed by atoms with Crippen LogP contribution in [0.2, 0.25) is 0 Å². The number of fused-ring (bicyclic) bond motifs is 1. The predicted octanol–water partition coefficient (Wildman–Crippen LogP) is 1.84. The van der Waals surface area contributed by atoms with Crippen LogP contribution in [-0.4, -0.2) is 32.3 Å². The van der Waals surface area contributed by atoms with Crippen molar-refractivity contribution in [2.75, 3.05) is 0 Å².